The van der Waals surface area contributed by atoms with Gasteiger partial charge in [0.2, 0.25) is 0 Å². The maximum absolute atomic E-state index is 12.6. The number of benzene rings is 1. The molecular weight excluding hydrogens is 380 g/mol. The molecule has 0 unspecified atom stereocenters. The molecule has 0 aliphatic heterocycles. The SMILES string of the molecule is CNCc1n[nH]c(C)c1S(=O)(=O)Nc1cc(Br)ccc1Cl. The number of aryl methyl sites for hydroxylation is 1. The largest absolute Gasteiger partial charge is 0.314 e. The zero-order valence-corrected chi connectivity index (χ0v) is 14.5. The number of anilines is 1. The molecule has 0 saturated heterocycles. The highest BCUT2D eigenvalue weighted by atomic mass is 79.9. The molecule has 0 atom stereocenters. The zero-order chi connectivity index (χ0) is 15.6. The lowest BCUT2D eigenvalue weighted by molar-refractivity contribution is 0.598. The molecule has 9 heteroatoms. The van der Waals surface area contributed by atoms with Crippen molar-refractivity contribution in [3.8, 4) is 0 Å². The Morgan fingerprint density at radius 1 is 1.43 bits per heavy atom. The Morgan fingerprint density at radius 3 is 2.81 bits per heavy atom. The van der Waals surface area contributed by atoms with E-state index in [0.29, 0.717) is 28.6 Å². The average Bonchev–Trinajstić information content (AvgIpc) is 2.76. The molecule has 1 aromatic heterocycles. The van der Waals surface area contributed by atoms with Crippen molar-refractivity contribution in [3.63, 3.8) is 0 Å². The van der Waals surface area contributed by atoms with E-state index in [0.717, 1.165) is 4.47 Å². The van der Waals surface area contributed by atoms with Crippen LogP contribution >= 0.6 is 27.5 Å². The van der Waals surface area contributed by atoms with E-state index in [9.17, 15) is 8.42 Å². The third-order valence-electron chi connectivity index (χ3n) is 2.75. The van der Waals surface area contributed by atoms with Crippen LogP contribution in [0.3, 0.4) is 0 Å². The van der Waals surface area contributed by atoms with Crippen molar-refractivity contribution in [1.82, 2.24) is 15.5 Å². The number of nitrogens with one attached hydrogen (secondary N) is 3. The van der Waals surface area contributed by atoms with Crippen LogP contribution in [0.15, 0.2) is 27.6 Å². The monoisotopic (exact) mass is 392 g/mol. The molecule has 1 aromatic carbocycles. The second-order valence-corrected chi connectivity index (χ2v) is 7.33. The summed E-state index contributed by atoms with van der Waals surface area (Å²) in [5, 5.41) is 9.90. The molecule has 21 heavy (non-hydrogen) atoms. The third kappa shape index (κ3) is 3.57. The van der Waals surface area contributed by atoms with Crippen LogP contribution in [0.5, 0.6) is 0 Å². The molecule has 0 saturated carbocycles. The minimum atomic E-state index is -3.78. The molecule has 0 bridgehead atoms. The molecule has 2 rings (SSSR count). The van der Waals surface area contributed by atoms with Crippen molar-refractivity contribution < 1.29 is 8.42 Å². The summed E-state index contributed by atoms with van der Waals surface area (Å²) < 4.78 is 28.4. The fourth-order valence-corrected chi connectivity index (χ4v) is 3.90. The summed E-state index contributed by atoms with van der Waals surface area (Å²) in [7, 11) is -2.06. The van der Waals surface area contributed by atoms with E-state index < -0.39 is 10.0 Å². The molecule has 0 fully saturated rings. The quantitative estimate of drug-likeness (QED) is 0.729. The molecule has 0 radical (unpaired) electrons. The number of H-pyrrole nitrogens is 1. The van der Waals surface area contributed by atoms with Crippen molar-refractivity contribution in [2.45, 2.75) is 18.4 Å². The van der Waals surface area contributed by atoms with Crippen molar-refractivity contribution in [1.29, 1.82) is 0 Å². The molecule has 0 amide bonds. The number of hydrogen-bond donors (Lipinski definition) is 3. The summed E-state index contributed by atoms with van der Waals surface area (Å²) in [6.45, 7) is 2.00. The predicted octanol–water partition coefficient (Wildman–Crippen LogP) is 2.65. The minimum absolute atomic E-state index is 0.132. The van der Waals surface area contributed by atoms with Gasteiger partial charge in [-0.3, -0.25) is 9.82 Å². The Bertz CT molecular complexity index is 761. The van der Waals surface area contributed by atoms with Gasteiger partial charge in [-0.25, -0.2) is 8.42 Å². The van der Waals surface area contributed by atoms with Crippen LogP contribution in [-0.4, -0.2) is 25.7 Å². The first-order valence-corrected chi connectivity index (χ1v) is 8.67. The molecule has 2 aromatic rings. The maximum Gasteiger partial charge on any atom is 0.265 e. The Kier molecular flexibility index (Phi) is 4.92. The zero-order valence-electron chi connectivity index (χ0n) is 11.4. The molecule has 114 valence electrons. The van der Waals surface area contributed by atoms with E-state index in [2.05, 4.69) is 36.2 Å². The number of aromatic nitrogens is 2. The lowest BCUT2D eigenvalue weighted by Crippen LogP contribution is -2.17. The Morgan fingerprint density at radius 2 is 2.14 bits per heavy atom. The van der Waals surface area contributed by atoms with Crippen LogP contribution < -0.4 is 10.0 Å². The van der Waals surface area contributed by atoms with Crippen LogP contribution in [-0.2, 0) is 16.6 Å². The van der Waals surface area contributed by atoms with E-state index in [1.165, 1.54) is 0 Å². The molecule has 0 aliphatic carbocycles. The summed E-state index contributed by atoms with van der Waals surface area (Å²) >= 11 is 9.31. The number of halogens is 2. The number of rotatable bonds is 5. The summed E-state index contributed by atoms with van der Waals surface area (Å²) in [4.78, 5) is 0.132. The Balaban J connectivity index is 2.43. The molecule has 0 spiro atoms. The molecular formula is C12H14BrClN4O2S. The molecule has 6 nitrogen and oxygen atoms in total. The standard InChI is InChI=1S/C12H14BrClN4O2S/c1-7-12(11(6-15-2)17-16-7)21(19,20)18-10-5-8(13)3-4-9(10)14/h3-5,15,18H,6H2,1-2H3,(H,16,17). The van der Waals surface area contributed by atoms with E-state index >= 15 is 0 Å². The van der Waals surface area contributed by atoms with Gasteiger partial charge in [0.15, 0.2) is 0 Å². The van der Waals surface area contributed by atoms with Gasteiger partial charge < -0.3 is 5.32 Å². The van der Waals surface area contributed by atoms with Gasteiger partial charge in [0.1, 0.15) is 4.90 Å². The fraction of sp³-hybridized carbons (Fsp3) is 0.250. The van der Waals surface area contributed by atoms with Crippen molar-refractivity contribution >= 4 is 43.2 Å². The topological polar surface area (TPSA) is 86.9 Å². The summed E-state index contributed by atoms with van der Waals surface area (Å²) in [5.41, 5.74) is 1.20. The molecule has 3 N–H and O–H groups in total. The van der Waals surface area contributed by atoms with Gasteiger partial charge in [-0.15, -0.1) is 0 Å². The van der Waals surface area contributed by atoms with Crippen LogP contribution in [0, 0.1) is 6.92 Å². The Labute approximate surface area is 136 Å². The predicted molar refractivity (Wildman–Crippen MR) is 86.0 cm³/mol. The van der Waals surface area contributed by atoms with Gasteiger partial charge in [-0.1, -0.05) is 27.5 Å². The third-order valence-corrected chi connectivity index (χ3v) is 5.14. The first kappa shape index (κ1) is 16.3. The minimum Gasteiger partial charge on any atom is -0.314 e. The van der Waals surface area contributed by atoms with Crippen molar-refractivity contribution in [2.24, 2.45) is 0 Å². The number of sulfonamides is 1. The smallest absolute Gasteiger partial charge is 0.265 e. The first-order chi connectivity index (χ1) is 9.85. The van der Waals surface area contributed by atoms with Gasteiger partial charge in [-0.05, 0) is 32.2 Å². The normalized spacial score (nSPS) is 11.6. The van der Waals surface area contributed by atoms with Crippen LogP contribution in [0.25, 0.3) is 0 Å². The highest BCUT2D eigenvalue weighted by molar-refractivity contribution is 9.10. The summed E-state index contributed by atoms with van der Waals surface area (Å²) in [6, 6.07) is 4.95. The fourth-order valence-electron chi connectivity index (χ4n) is 1.88. The first-order valence-electron chi connectivity index (χ1n) is 6.01. The van der Waals surface area contributed by atoms with Gasteiger partial charge >= 0.3 is 0 Å². The van der Waals surface area contributed by atoms with Crippen LogP contribution in [0.1, 0.15) is 11.4 Å². The van der Waals surface area contributed by atoms with Crippen molar-refractivity contribution in [3.05, 3.63) is 39.1 Å². The van der Waals surface area contributed by atoms with Gasteiger partial charge in [0.25, 0.3) is 10.0 Å². The number of nitrogens with zero attached hydrogens (tertiary/aromatic N) is 1. The van der Waals surface area contributed by atoms with Crippen LogP contribution in [0.4, 0.5) is 5.69 Å². The second kappa shape index (κ2) is 6.35. The van der Waals surface area contributed by atoms with Gasteiger partial charge in [-0.2, -0.15) is 5.10 Å². The number of hydrogen-bond acceptors (Lipinski definition) is 4. The van der Waals surface area contributed by atoms with Crippen molar-refractivity contribution in [2.75, 3.05) is 11.8 Å². The molecule has 0 aliphatic rings. The second-order valence-electron chi connectivity index (χ2n) is 4.38. The van der Waals surface area contributed by atoms with E-state index in [1.54, 1.807) is 32.2 Å². The highest BCUT2D eigenvalue weighted by Gasteiger charge is 2.24. The van der Waals surface area contributed by atoms with Crippen LogP contribution in [0.2, 0.25) is 5.02 Å². The van der Waals surface area contributed by atoms with E-state index in [4.69, 9.17) is 11.6 Å². The summed E-state index contributed by atoms with van der Waals surface area (Å²) in [5.74, 6) is 0. The highest BCUT2D eigenvalue weighted by Crippen LogP contribution is 2.29. The van der Waals surface area contributed by atoms with E-state index in [-0.39, 0.29) is 4.90 Å². The van der Waals surface area contributed by atoms with Gasteiger partial charge in [0.05, 0.1) is 22.1 Å². The lowest BCUT2D eigenvalue weighted by atomic mass is 10.3. The Hall–Kier alpha value is -1.09. The maximum atomic E-state index is 12.6. The average molecular weight is 394 g/mol. The summed E-state index contributed by atoms with van der Waals surface area (Å²) in [6.07, 6.45) is 0. The number of aromatic amines is 1. The van der Waals surface area contributed by atoms with Gasteiger partial charge in [0, 0.05) is 11.0 Å². The molecule has 1 heterocycles. The lowest BCUT2D eigenvalue weighted by Gasteiger charge is -2.11. The van der Waals surface area contributed by atoms with E-state index in [1.807, 2.05) is 0 Å².